The summed E-state index contributed by atoms with van der Waals surface area (Å²) in [5, 5.41) is 0. The Bertz CT molecular complexity index is 754. The minimum absolute atomic E-state index is 0.0723. The molecule has 192 valence electrons. The van der Waals surface area contributed by atoms with Crippen molar-refractivity contribution in [2.24, 2.45) is 28.6 Å². The number of fused-ring (bicyclic) bond motifs is 5. The maximum absolute atomic E-state index is 13.4. The molecule has 4 aliphatic rings. The molecule has 0 aliphatic heterocycles. The maximum Gasteiger partial charge on any atom is 0.159 e. The number of ketones is 2. The van der Waals surface area contributed by atoms with Gasteiger partial charge in [0.1, 0.15) is 5.78 Å². The van der Waals surface area contributed by atoms with Gasteiger partial charge in [0.2, 0.25) is 0 Å². The Morgan fingerprint density at radius 1 is 0.824 bits per heavy atom. The highest BCUT2D eigenvalue weighted by Crippen LogP contribution is 2.63. The lowest BCUT2D eigenvalue weighted by Gasteiger charge is -2.56. The van der Waals surface area contributed by atoms with Crippen molar-refractivity contribution in [3.63, 3.8) is 0 Å². The van der Waals surface area contributed by atoms with Crippen molar-refractivity contribution in [1.82, 2.24) is 0 Å². The summed E-state index contributed by atoms with van der Waals surface area (Å²) in [5.41, 5.74) is 1.24. The average molecular weight is 471 g/mol. The third-order valence-corrected chi connectivity index (χ3v) is 10.5. The molecule has 0 unspecified atom stereocenters. The lowest BCUT2D eigenvalue weighted by atomic mass is 9.48. The largest absolute Gasteiger partial charge is 0.378 e. The molecule has 6 atom stereocenters. The molecule has 3 nitrogen and oxygen atoms in total. The van der Waals surface area contributed by atoms with Crippen molar-refractivity contribution in [1.29, 1.82) is 0 Å². The van der Waals surface area contributed by atoms with E-state index in [2.05, 4.69) is 20.8 Å². The molecule has 0 aromatic rings. The smallest absolute Gasteiger partial charge is 0.159 e. The van der Waals surface area contributed by atoms with Gasteiger partial charge in [0.25, 0.3) is 0 Å². The van der Waals surface area contributed by atoms with Crippen LogP contribution in [0, 0.1) is 28.6 Å². The van der Waals surface area contributed by atoms with Crippen LogP contribution in [0.5, 0.6) is 0 Å². The van der Waals surface area contributed by atoms with Crippen LogP contribution in [0.15, 0.2) is 11.6 Å². The van der Waals surface area contributed by atoms with Crippen LogP contribution in [-0.2, 0) is 14.3 Å². The minimum atomic E-state index is -0.242. The lowest BCUT2D eigenvalue weighted by Crippen LogP contribution is -2.53. The molecule has 0 bridgehead atoms. The number of hydrogen-bond acceptors (Lipinski definition) is 3. The fourth-order valence-electron chi connectivity index (χ4n) is 8.12. The van der Waals surface area contributed by atoms with E-state index in [1.807, 2.05) is 6.08 Å². The fourth-order valence-corrected chi connectivity index (χ4v) is 8.12. The van der Waals surface area contributed by atoms with Crippen molar-refractivity contribution in [3.8, 4) is 0 Å². The Balaban J connectivity index is 1.21. The number of unbranched alkanes of at least 4 members (excludes halogenated alkanes) is 9. The second kappa shape index (κ2) is 11.4. The standard InChI is InChI=1S/C31H50O3/c1-4-5-6-7-8-9-10-11-12-13-20-34-24-16-18-30(2)23(21-24)22-27(32)29-25-14-15-28(33)31(25,3)19-17-26(29)30/h22,24-26,29H,4-21H2,1-3H3/t24-,25-,26-,29-,30-,31-/m0/s1. The first-order chi connectivity index (χ1) is 16.4. The van der Waals surface area contributed by atoms with E-state index in [0.29, 0.717) is 23.9 Å². The summed E-state index contributed by atoms with van der Waals surface area (Å²) < 4.78 is 6.32. The Kier molecular flexibility index (Phi) is 8.75. The molecule has 0 amide bonds. The molecule has 3 saturated carbocycles. The minimum Gasteiger partial charge on any atom is -0.378 e. The molecular formula is C31H50O3. The molecule has 4 aliphatic carbocycles. The van der Waals surface area contributed by atoms with Crippen molar-refractivity contribution in [2.45, 2.75) is 136 Å². The molecule has 0 radical (unpaired) electrons. The number of carbonyl (C=O) groups excluding carboxylic acids is 2. The van der Waals surface area contributed by atoms with Gasteiger partial charge in [-0.15, -0.1) is 0 Å². The van der Waals surface area contributed by atoms with E-state index in [9.17, 15) is 9.59 Å². The third-order valence-electron chi connectivity index (χ3n) is 10.5. The highest BCUT2D eigenvalue weighted by atomic mass is 16.5. The summed E-state index contributed by atoms with van der Waals surface area (Å²) in [6, 6.07) is 0. The topological polar surface area (TPSA) is 43.4 Å². The van der Waals surface area contributed by atoms with E-state index in [1.54, 1.807) is 0 Å². The van der Waals surface area contributed by atoms with Gasteiger partial charge in [0, 0.05) is 24.4 Å². The summed E-state index contributed by atoms with van der Waals surface area (Å²) in [7, 11) is 0. The number of Topliss-reactive ketones (excluding diaryl/α,β-unsaturated/α-hetero) is 1. The van der Waals surface area contributed by atoms with Gasteiger partial charge in [-0.3, -0.25) is 9.59 Å². The lowest BCUT2D eigenvalue weighted by molar-refractivity contribution is -0.140. The summed E-state index contributed by atoms with van der Waals surface area (Å²) in [4.78, 5) is 26.0. The first-order valence-corrected chi connectivity index (χ1v) is 14.8. The number of allylic oxidation sites excluding steroid dienone is 1. The van der Waals surface area contributed by atoms with Gasteiger partial charge in [-0.25, -0.2) is 0 Å². The van der Waals surface area contributed by atoms with Crippen molar-refractivity contribution in [2.75, 3.05) is 6.61 Å². The zero-order valence-electron chi connectivity index (χ0n) is 22.3. The van der Waals surface area contributed by atoms with Crippen molar-refractivity contribution < 1.29 is 14.3 Å². The van der Waals surface area contributed by atoms with Crippen molar-refractivity contribution >= 4 is 11.6 Å². The second-order valence-electron chi connectivity index (χ2n) is 12.6. The van der Waals surface area contributed by atoms with Crippen molar-refractivity contribution in [3.05, 3.63) is 11.6 Å². The van der Waals surface area contributed by atoms with Crippen LogP contribution in [0.3, 0.4) is 0 Å². The molecule has 0 heterocycles. The fraction of sp³-hybridized carbons (Fsp3) is 0.871. The Morgan fingerprint density at radius 3 is 2.15 bits per heavy atom. The summed E-state index contributed by atoms with van der Waals surface area (Å²) >= 11 is 0. The van der Waals surface area contributed by atoms with Crippen LogP contribution < -0.4 is 0 Å². The molecular weight excluding hydrogens is 420 g/mol. The van der Waals surface area contributed by atoms with E-state index in [1.165, 1.54) is 69.8 Å². The number of hydrogen-bond donors (Lipinski definition) is 0. The molecule has 3 fully saturated rings. The number of ether oxygens (including phenoxy) is 1. The second-order valence-corrected chi connectivity index (χ2v) is 12.6. The van der Waals surface area contributed by atoms with Gasteiger partial charge in [-0.05, 0) is 68.3 Å². The molecule has 34 heavy (non-hydrogen) atoms. The van der Waals surface area contributed by atoms with Gasteiger partial charge in [-0.2, -0.15) is 0 Å². The highest BCUT2D eigenvalue weighted by molar-refractivity contribution is 5.96. The quantitative estimate of drug-likeness (QED) is 0.271. The van der Waals surface area contributed by atoms with Crippen LogP contribution in [0.4, 0.5) is 0 Å². The average Bonchev–Trinajstić information content (AvgIpc) is 3.12. The number of rotatable bonds is 12. The predicted octanol–water partition coefficient (Wildman–Crippen LogP) is 8.00. The first-order valence-electron chi connectivity index (χ1n) is 14.8. The highest BCUT2D eigenvalue weighted by Gasteiger charge is 2.60. The van der Waals surface area contributed by atoms with Crippen LogP contribution in [0.2, 0.25) is 0 Å². The predicted molar refractivity (Wildman–Crippen MR) is 139 cm³/mol. The van der Waals surface area contributed by atoms with Crippen LogP contribution in [-0.4, -0.2) is 24.3 Å². The van der Waals surface area contributed by atoms with E-state index < -0.39 is 0 Å². The Labute approximate surface area is 208 Å². The van der Waals surface area contributed by atoms with Crippen LogP contribution in [0.25, 0.3) is 0 Å². The SMILES string of the molecule is CCCCCCCCCCCCO[C@H]1CC[C@@]2(C)C(=CC(=O)[C@@H]3[C@@H]2CC[C@]2(C)C(=O)CC[C@@H]32)C1. The van der Waals surface area contributed by atoms with E-state index in [4.69, 9.17) is 4.74 Å². The normalized spacial score (nSPS) is 37.2. The van der Waals surface area contributed by atoms with Gasteiger partial charge >= 0.3 is 0 Å². The first kappa shape index (κ1) is 26.1. The molecule has 0 aromatic heterocycles. The number of carbonyl (C=O) groups is 2. The molecule has 4 rings (SSSR count). The molecule has 0 spiro atoms. The molecule has 0 aromatic carbocycles. The molecule has 0 N–H and O–H groups in total. The monoisotopic (exact) mass is 470 g/mol. The Hall–Kier alpha value is -0.960. The van der Waals surface area contributed by atoms with E-state index in [-0.39, 0.29) is 28.8 Å². The maximum atomic E-state index is 13.4. The van der Waals surface area contributed by atoms with Gasteiger partial charge < -0.3 is 4.74 Å². The summed E-state index contributed by atoms with van der Waals surface area (Å²) in [6.45, 7) is 7.71. The zero-order valence-corrected chi connectivity index (χ0v) is 22.3. The van der Waals surface area contributed by atoms with Gasteiger partial charge in [0.05, 0.1) is 6.10 Å². The van der Waals surface area contributed by atoms with Gasteiger partial charge in [-0.1, -0.05) is 84.1 Å². The Morgan fingerprint density at radius 2 is 1.44 bits per heavy atom. The van der Waals surface area contributed by atoms with E-state index in [0.717, 1.165) is 45.1 Å². The summed E-state index contributed by atoms with van der Waals surface area (Å²) in [5.74, 6) is 1.49. The zero-order chi connectivity index (χ0) is 24.2. The summed E-state index contributed by atoms with van der Waals surface area (Å²) in [6.07, 6.45) is 22.6. The van der Waals surface area contributed by atoms with Crippen LogP contribution >= 0.6 is 0 Å². The van der Waals surface area contributed by atoms with Gasteiger partial charge in [0.15, 0.2) is 5.78 Å². The third kappa shape index (κ3) is 5.25. The van der Waals surface area contributed by atoms with E-state index >= 15 is 0 Å². The molecule has 0 saturated heterocycles. The van der Waals surface area contributed by atoms with Crippen LogP contribution in [0.1, 0.15) is 130 Å². The molecule has 3 heteroatoms.